The second-order valence-electron chi connectivity index (χ2n) is 7.45. The highest BCUT2D eigenvalue weighted by Gasteiger charge is 2.29. The molecule has 28 heavy (non-hydrogen) atoms. The molecule has 1 fully saturated rings. The highest BCUT2D eigenvalue weighted by atomic mass is 16.5. The van der Waals surface area contributed by atoms with Gasteiger partial charge in [0.25, 0.3) is 5.91 Å². The normalized spacial score (nSPS) is 19.0. The Morgan fingerprint density at radius 3 is 2.75 bits per heavy atom. The molecule has 6 heteroatoms. The van der Waals surface area contributed by atoms with Gasteiger partial charge in [0.15, 0.2) is 0 Å². The smallest absolute Gasteiger partial charge is 0.270 e. The molecule has 0 aliphatic carbocycles. The van der Waals surface area contributed by atoms with Gasteiger partial charge in [-0.2, -0.15) is 0 Å². The van der Waals surface area contributed by atoms with Gasteiger partial charge in [-0.3, -0.25) is 4.79 Å². The quantitative estimate of drug-likeness (QED) is 0.705. The molecule has 2 aliphatic heterocycles. The monoisotopic (exact) mass is 376 g/mol. The zero-order valence-corrected chi connectivity index (χ0v) is 16.0. The summed E-state index contributed by atoms with van der Waals surface area (Å²) < 4.78 is 8.26. The van der Waals surface area contributed by atoms with Crippen LogP contribution in [0.5, 0.6) is 5.75 Å². The number of nitrogens with zero attached hydrogens (tertiary/aromatic N) is 4. The Kier molecular flexibility index (Phi) is 4.19. The number of anilines is 1. The van der Waals surface area contributed by atoms with Crippen LogP contribution in [0.4, 0.5) is 5.82 Å². The third kappa shape index (κ3) is 2.80. The standard InChI is InChI=1S/C22H24N4O2/c1-2-17-15-26-18(14-16-6-5-7-19(28-17)21(16)26)22(27)25-12-10-24(11-13-25)20-8-3-4-9-23-20/h3-9,14,17H,2,10-13,15H2,1H3. The van der Waals surface area contributed by atoms with E-state index in [1.54, 1.807) is 0 Å². The number of carbonyl (C=O) groups is 1. The lowest BCUT2D eigenvalue weighted by molar-refractivity contribution is 0.0730. The second kappa shape index (κ2) is 6.86. The van der Waals surface area contributed by atoms with E-state index in [-0.39, 0.29) is 12.0 Å². The number of amides is 1. The van der Waals surface area contributed by atoms with Crippen molar-refractivity contribution < 1.29 is 9.53 Å². The van der Waals surface area contributed by atoms with Gasteiger partial charge in [-0.1, -0.05) is 25.1 Å². The maximum absolute atomic E-state index is 13.4. The number of para-hydroxylation sites is 1. The van der Waals surface area contributed by atoms with E-state index in [0.717, 1.165) is 54.2 Å². The molecular weight excluding hydrogens is 352 g/mol. The van der Waals surface area contributed by atoms with E-state index < -0.39 is 0 Å². The van der Waals surface area contributed by atoms with E-state index in [0.29, 0.717) is 13.1 Å². The molecule has 0 saturated carbocycles. The number of hydrogen-bond donors (Lipinski definition) is 0. The van der Waals surface area contributed by atoms with Crippen molar-refractivity contribution in [1.29, 1.82) is 0 Å². The van der Waals surface area contributed by atoms with E-state index in [9.17, 15) is 4.79 Å². The number of benzene rings is 1. The number of piperazine rings is 1. The third-order valence-corrected chi connectivity index (χ3v) is 5.78. The first kappa shape index (κ1) is 17.1. The van der Waals surface area contributed by atoms with Crippen molar-refractivity contribution in [3.8, 4) is 5.75 Å². The number of carbonyl (C=O) groups excluding carboxylic acids is 1. The predicted molar refractivity (Wildman–Crippen MR) is 109 cm³/mol. The Morgan fingerprint density at radius 2 is 2.00 bits per heavy atom. The van der Waals surface area contributed by atoms with Gasteiger partial charge in [-0.15, -0.1) is 0 Å². The molecule has 1 unspecified atom stereocenters. The van der Waals surface area contributed by atoms with Crippen LogP contribution in [0.1, 0.15) is 23.8 Å². The molecule has 2 aromatic heterocycles. The van der Waals surface area contributed by atoms with Crippen LogP contribution in [-0.2, 0) is 6.54 Å². The molecule has 144 valence electrons. The van der Waals surface area contributed by atoms with E-state index in [2.05, 4.69) is 27.4 Å². The average molecular weight is 376 g/mol. The molecule has 6 nitrogen and oxygen atoms in total. The van der Waals surface area contributed by atoms with Crippen molar-refractivity contribution in [2.75, 3.05) is 31.1 Å². The summed E-state index contributed by atoms with van der Waals surface area (Å²) in [6, 6.07) is 14.0. The van der Waals surface area contributed by atoms with E-state index >= 15 is 0 Å². The van der Waals surface area contributed by atoms with Gasteiger partial charge < -0.3 is 19.1 Å². The minimum Gasteiger partial charge on any atom is -0.486 e. The molecule has 0 N–H and O–H groups in total. The number of ether oxygens (including phenoxy) is 1. The van der Waals surface area contributed by atoms with Crippen molar-refractivity contribution in [3.05, 3.63) is 54.4 Å². The zero-order chi connectivity index (χ0) is 19.1. The van der Waals surface area contributed by atoms with Crippen LogP contribution in [0.25, 0.3) is 10.9 Å². The zero-order valence-electron chi connectivity index (χ0n) is 16.0. The first-order chi connectivity index (χ1) is 13.7. The van der Waals surface area contributed by atoms with Gasteiger partial charge in [0.05, 0.1) is 12.1 Å². The van der Waals surface area contributed by atoms with Gasteiger partial charge in [0.1, 0.15) is 23.4 Å². The molecule has 2 aliphatic rings. The lowest BCUT2D eigenvalue weighted by atomic mass is 10.2. The van der Waals surface area contributed by atoms with Gasteiger partial charge in [0, 0.05) is 37.8 Å². The van der Waals surface area contributed by atoms with E-state index in [4.69, 9.17) is 4.74 Å². The fourth-order valence-electron chi connectivity index (χ4n) is 4.23. The van der Waals surface area contributed by atoms with E-state index in [1.165, 1.54) is 0 Å². The number of rotatable bonds is 3. The van der Waals surface area contributed by atoms with Crippen molar-refractivity contribution >= 4 is 22.6 Å². The van der Waals surface area contributed by atoms with Crippen LogP contribution >= 0.6 is 0 Å². The third-order valence-electron chi connectivity index (χ3n) is 5.78. The summed E-state index contributed by atoms with van der Waals surface area (Å²) in [5, 5.41) is 1.07. The molecule has 0 radical (unpaired) electrons. The van der Waals surface area contributed by atoms with Gasteiger partial charge in [-0.05, 0) is 30.7 Å². The van der Waals surface area contributed by atoms with Crippen LogP contribution in [0.3, 0.4) is 0 Å². The van der Waals surface area contributed by atoms with Crippen molar-refractivity contribution in [1.82, 2.24) is 14.5 Å². The first-order valence-corrected chi connectivity index (χ1v) is 9.98. The molecule has 1 amide bonds. The summed E-state index contributed by atoms with van der Waals surface area (Å²) in [6.45, 7) is 5.86. The lowest BCUT2D eigenvalue weighted by Gasteiger charge is -2.35. The number of hydrogen-bond acceptors (Lipinski definition) is 4. The average Bonchev–Trinajstić information content (AvgIpc) is 3.14. The van der Waals surface area contributed by atoms with Gasteiger partial charge in [-0.25, -0.2) is 4.98 Å². The Labute approximate surface area is 164 Å². The Morgan fingerprint density at radius 1 is 1.14 bits per heavy atom. The summed E-state index contributed by atoms with van der Waals surface area (Å²) in [4.78, 5) is 22.0. The van der Waals surface area contributed by atoms with Crippen LogP contribution in [0.2, 0.25) is 0 Å². The Hall–Kier alpha value is -3.02. The largest absolute Gasteiger partial charge is 0.486 e. The fraction of sp³-hybridized carbons (Fsp3) is 0.364. The van der Waals surface area contributed by atoms with Gasteiger partial charge in [0.2, 0.25) is 0 Å². The lowest BCUT2D eigenvalue weighted by Crippen LogP contribution is -2.49. The maximum Gasteiger partial charge on any atom is 0.270 e. The second-order valence-corrected chi connectivity index (χ2v) is 7.45. The topological polar surface area (TPSA) is 50.6 Å². The van der Waals surface area contributed by atoms with Crippen LogP contribution in [-0.4, -0.2) is 52.6 Å². The predicted octanol–water partition coefficient (Wildman–Crippen LogP) is 3.17. The molecule has 1 atom stereocenters. The summed E-state index contributed by atoms with van der Waals surface area (Å²) in [7, 11) is 0. The summed E-state index contributed by atoms with van der Waals surface area (Å²) >= 11 is 0. The highest BCUT2D eigenvalue weighted by Crippen LogP contribution is 2.34. The summed E-state index contributed by atoms with van der Waals surface area (Å²) in [5.41, 5.74) is 1.82. The number of aromatic nitrogens is 2. The summed E-state index contributed by atoms with van der Waals surface area (Å²) in [6.07, 6.45) is 2.84. The Balaban J connectivity index is 1.40. The molecule has 5 rings (SSSR count). The fourth-order valence-corrected chi connectivity index (χ4v) is 4.23. The SMILES string of the molecule is CCC1Cn2c(C(=O)N3CCN(c4ccccn4)CC3)cc3cccc(c32)O1. The minimum absolute atomic E-state index is 0.109. The van der Waals surface area contributed by atoms with Crippen molar-refractivity contribution in [2.45, 2.75) is 26.0 Å². The molecular formula is C22H24N4O2. The molecule has 1 saturated heterocycles. The van der Waals surface area contributed by atoms with Crippen LogP contribution in [0.15, 0.2) is 48.7 Å². The van der Waals surface area contributed by atoms with Crippen molar-refractivity contribution in [2.24, 2.45) is 0 Å². The van der Waals surface area contributed by atoms with Crippen molar-refractivity contribution in [3.63, 3.8) is 0 Å². The first-order valence-electron chi connectivity index (χ1n) is 9.98. The summed E-state index contributed by atoms with van der Waals surface area (Å²) in [5.74, 6) is 1.97. The molecule has 0 spiro atoms. The molecule has 3 aromatic rings. The minimum atomic E-state index is 0.109. The maximum atomic E-state index is 13.4. The van der Waals surface area contributed by atoms with Crippen LogP contribution < -0.4 is 9.64 Å². The molecule has 0 bridgehead atoms. The highest BCUT2D eigenvalue weighted by molar-refractivity contribution is 6.00. The van der Waals surface area contributed by atoms with Crippen LogP contribution in [0, 0.1) is 0 Å². The molecule has 4 heterocycles. The Bertz CT molecular complexity index is 1010. The molecule has 1 aromatic carbocycles. The van der Waals surface area contributed by atoms with E-state index in [1.807, 2.05) is 47.5 Å². The number of pyridine rings is 1. The van der Waals surface area contributed by atoms with Gasteiger partial charge >= 0.3 is 0 Å².